The Balaban J connectivity index is 0.00000484. The molecule has 1 rings (SSSR count). The van der Waals surface area contributed by atoms with E-state index in [4.69, 9.17) is 11.6 Å². The molecule has 134 valence electrons. The smallest absolute Gasteiger partial charge is 0.281 e. The van der Waals surface area contributed by atoms with E-state index in [2.05, 4.69) is 18.7 Å². The number of anilines is 1. The molecule has 0 aliphatic carbocycles. The number of halogens is 2. The van der Waals surface area contributed by atoms with Gasteiger partial charge in [-0.3, -0.25) is 4.90 Å². The summed E-state index contributed by atoms with van der Waals surface area (Å²) in [5, 5.41) is 13.0. The molecule has 0 aromatic carbocycles. The Bertz CT molecular complexity index is 429. The maximum absolute atomic E-state index is 12.4. The minimum Gasteiger partial charge on any atom is -0.710 e. The first-order valence-corrected chi connectivity index (χ1v) is 9.12. The van der Waals surface area contributed by atoms with Gasteiger partial charge in [0.15, 0.2) is 0 Å². The first-order valence-electron chi connectivity index (χ1n) is 8.74. The van der Waals surface area contributed by atoms with Gasteiger partial charge >= 0.3 is 0 Å². The van der Waals surface area contributed by atoms with Crippen molar-refractivity contribution >= 4 is 29.8 Å². The number of nitrogens with zero attached hydrogens (tertiary/aromatic N) is 2. The van der Waals surface area contributed by atoms with Crippen LogP contribution in [0.25, 0.3) is 0 Å². The zero-order valence-electron chi connectivity index (χ0n) is 14.8. The van der Waals surface area contributed by atoms with Gasteiger partial charge in [0.05, 0.1) is 18.1 Å². The highest BCUT2D eigenvalue weighted by molar-refractivity contribution is 6.30. The van der Waals surface area contributed by atoms with Gasteiger partial charge in [-0.1, -0.05) is 51.1 Å². The summed E-state index contributed by atoms with van der Waals surface area (Å²) in [4.78, 5) is 2.22. The highest BCUT2D eigenvalue weighted by Crippen LogP contribution is 2.19. The first kappa shape index (κ1) is 22.3. The molecule has 0 atom stereocenters. The number of rotatable bonds is 11. The Kier molecular flexibility index (Phi) is 12.3. The van der Waals surface area contributed by atoms with E-state index in [1.807, 2.05) is 6.92 Å². The lowest BCUT2D eigenvalue weighted by Gasteiger charge is -2.22. The van der Waals surface area contributed by atoms with Gasteiger partial charge in [-0.25, -0.2) is 4.73 Å². The van der Waals surface area contributed by atoms with E-state index in [1.165, 1.54) is 38.5 Å². The molecule has 0 saturated carbocycles. The summed E-state index contributed by atoms with van der Waals surface area (Å²) < 4.78 is 1.02. The highest BCUT2D eigenvalue weighted by Gasteiger charge is 2.18. The van der Waals surface area contributed by atoms with Crippen LogP contribution in [0.3, 0.4) is 0 Å². The van der Waals surface area contributed by atoms with E-state index in [9.17, 15) is 5.21 Å². The summed E-state index contributed by atoms with van der Waals surface area (Å²) >= 11 is 6.15. The predicted octanol–water partition coefficient (Wildman–Crippen LogP) is 5.67. The minimum absolute atomic E-state index is 0. The quantitative estimate of drug-likeness (QED) is 0.288. The summed E-state index contributed by atoms with van der Waals surface area (Å²) in [5.74, 6) is 0.706. The topological polar surface area (TPSA) is 30.2 Å². The standard InChI is InChI=1S/C18H31ClN2O.ClH/c1-4-6-8-10-12-20(13-11-9-7-5-2)18-15-17(19)14-16(3)21(18)22;/h14-15H,4-13H2,1-3H3;1H. The van der Waals surface area contributed by atoms with E-state index in [0.717, 1.165) is 30.7 Å². The van der Waals surface area contributed by atoms with Gasteiger partial charge in [0.2, 0.25) is 0 Å². The molecule has 0 fully saturated rings. The SMILES string of the molecule is CCCCCCN(CCCCCC)c1cc(Cl)cc(C)[n+]1[O-].Cl. The largest absolute Gasteiger partial charge is 0.710 e. The van der Waals surface area contributed by atoms with Crippen LogP contribution < -0.4 is 9.63 Å². The summed E-state index contributed by atoms with van der Waals surface area (Å²) in [6.45, 7) is 8.12. The lowest BCUT2D eigenvalue weighted by molar-refractivity contribution is -0.599. The van der Waals surface area contributed by atoms with E-state index < -0.39 is 0 Å². The van der Waals surface area contributed by atoms with Gasteiger partial charge in [0.25, 0.3) is 5.82 Å². The Labute approximate surface area is 153 Å². The molecule has 0 aliphatic rings. The molecule has 1 aromatic rings. The van der Waals surface area contributed by atoms with Crippen molar-refractivity contribution in [1.82, 2.24) is 0 Å². The second-order valence-electron chi connectivity index (χ2n) is 6.08. The Morgan fingerprint density at radius 1 is 0.957 bits per heavy atom. The third kappa shape index (κ3) is 8.12. The zero-order valence-corrected chi connectivity index (χ0v) is 16.4. The van der Waals surface area contributed by atoms with Crippen LogP contribution in [-0.2, 0) is 0 Å². The molecule has 5 heteroatoms. The number of aryl methyl sites for hydroxylation is 1. The number of hydrogen-bond acceptors (Lipinski definition) is 2. The molecule has 1 heterocycles. The summed E-state index contributed by atoms with van der Waals surface area (Å²) in [6, 6.07) is 3.53. The normalized spacial score (nSPS) is 10.4. The van der Waals surface area contributed by atoms with Crippen LogP contribution in [0.2, 0.25) is 5.02 Å². The second kappa shape index (κ2) is 12.7. The van der Waals surface area contributed by atoms with Crippen molar-refractivity contribution in [2.45, 2.75) is 72.1 Å². The van der Waals surface area contributed by atoms with Crippen LogP contribution in [0, 0.1) is 12.1 Å². The fraction of sp³-hybridized carbons (Fsp3) is 0.722. The Morgan fingerprint density at radius 3 is 1.96 bits per heavy atom. The van der Waals surface area contributed by atoms with Gasteiger partial charge in [0, 0.05) is 6.07 Å². The van der Waals surface area contributed by atoms with Crippen molar-refractivity contribution in [2.75, 3.05) is 18.0 Å². The van der Waals surface area contributed by atoms with Gasteiger partial charge in [-0.15, -0.1) is 12.4 Å². The molecule has 0 amide bonds. The maximum Gasteiger partial charge on any atom is 0.281 e. The van der Waals surface area contributed by atoms with Crippen LogP contribution in [0.5, 0.6) is 0 Å². The van der Waals surface area contributed by atoms with E-state index >= 15 is 0 Å². The predicted molar refractivity (Wildman–Crippen MR) is 103 cm³/mol. The molecule has 0 aliphatic heterocycles. The van der Waals surface area contributed by atoms with Gasteiger partial charge in [0.1, 0.15) is 5.69 Å². The lowest BCUT2D eigenvalue weighted by Crippen LogP contribution is -2.41. The average molecular weight is 363 g/mol. The fourth-order valence-corrected chi connectivity index (χ4v) is 2.94. The van der Waals surface area contributed by atoms with Crippen molar-refractivity contribution < 1.29 is 4.73 Å². The van der Waals surface area contributed by atoms with Crippen LogP contribution in [-0.4, -0.2) is 13.1 Å². The molecule has 0 N–H and O–H groups in total. The Hall–Kier alpha value is -0.670. The van der Waals surface area contributed by atoms with E-state index in [1.54, 1.807) is 12.1 Å². The molecule has 23 heavy (non-hydrogen) atoms. The molecular weight excluding hydrogens is 331 g/mol. The fourth-order valence-electron chi connectivity index (χ4n) is 2.68. The molecule has 3 nitrogen and oxygen atoms in total. The van der Waals surface area contributed by atoms with Gasteiger partial charge in [-0.05, 0) is 38.7 Å². The molecular formula is C18H32Cl2N2O. The van der Waals surface area contributed by atoms with Crippen molar-refractivity contribution in [3.05, 3.63) is 28.1 Å². The number of pyridine rings is 1. The van der Waals surface area contributed by atoms with Crippen LogP contribution in [0.15, 0.2) is 12.1 Å². The van der Waals surface area contributed by atoms with Crippen molar-refractivity contribution in [3.8, 4) is 0 Å². The first-order chi connectivity index (χ1) is 10.6. The number of hydrogen-bond donors (Lipinski definition) is 0. The van der Waals surface area contributed by atoms with Gasteiger partial charge < -0.3 is 5.21 Å². The Morgan fingerprint density at radius 2 is 1.48 bits per heavy atom. The minimum atomic E-state index is 0. The van der Waals surface area contributed by atoms with Crippen molar-refractivity contribution in [3.63, 3.8) is 0 Å². The van der Waals surface area contributed by atoms with E-state index in [-0.39, 0.29) is 12.4 Å². The van der Waals surface area contributed by atoms with E-state index in [0.29, 0.717) is 16.5 Å². The monoisotopic (exact) mass is 362 g/mol. The van der Waals surface area contributed by atoms with Gasteiger partial charge in [-0.2, -0.15) is 0 Å². The van der Waals surface area contributed by atoms with Crippen molar-refractivity contribution in [2.24, 2.45) is 0 Å². The lowest BCUT2D eigenvalue weighted by atomic mass is 10.1. The summed E-state index contributed by atoms with van der Waals surface area (Å²) in [7, 11) is 0. The number of unbranched alkanes of at least 4 members (excludes halogenated alkanes) is 6. The average Bonchev–Trinajstić information content (AvgIpc) is 2.49. The molecule has 1 aromatic heterocycles. The maximum atomic E-state index is 12.4. The van der Waals surface area contributed by atoms with Crippen molar-refractivity contribution in [1.29, 1.82) is 0 Å². The van der Waals surface area contributed by atoms with Crippen LogP contribution in [0.1, 0.15) is 70.9 Å². The molecule has 0 unspecified atom stereocenters. The van der Waals surface area contributed by atoms with Crippen LogP contribution >= 0.6 is 24.0 Å². The highest BCUT2D eigenvalue weighted by atomic mass is 35.5. The third-order valence-electron chi connectivity index (χ3n) is 4.03. The summed E-state index contributed by atoms with van der Waals surface area (Å²) in [5.41, 5.74) is 0.662. The molecule has 0 spiro atoms. The zero-order chi connectivity index (χ0) is 16.4. The molecule has 0 radical (unpaired) electrons. The third-order valence-corrected chi connectivity index (χ3v) is 4.25. The van der Waals surface area contributed by atoms with Crippen LogP contribution in [0.4, 0.5) is 5.82 Å². The number of aromatic nitrogens is 1. The molecule has 0 bridgehead atoms. The molecule has 0 saturated heterocycles. The second-order valence-corrected chi connectivity index (χ2v) is 6.51. The summed E-state index contributed by atoms with van der Waals surface area (Å²) in [6.07, 6.45) is 9.69.